The van der Waals surface area contributed by atoms with Crippen molar-refractivity contribution >= 4 is 18.0 Å². The Labute approximate surface area is 144 Å². The highest BCUT2D eigenvalue weighted by molar-refractivity contribution is 5.90. The molecule has 0 bridgehead atoms. The number of carbonyl (C=O) groups excluding carboxylic acids is 2. The zero-order chi connectivity index (χ0) is 17.5. The van der Waals surface area contributed by atoms with Crippen LogP contribution in [0.25, 0.3) is 6.08 Å². The van der Waals surface area contributed by atoms with Crippen molar-refractivity contribution in [2.45, 2.75) is 52.2 Å². The average molecular weight is 329 g/mol. The minimum Gasteiger partial charge on any atom is -0.449 e. The van der Waals surface area contributed by atoms with Crippen LogP contribution in [-0.4, -0.2) is 24.0 Å². The molecule has 1 aliphatic rings. The van der Waals surface area contributed by atoms with Crippen LogP contribution in [0.2, 0.25) is 0 Å². The smallest absolute Gasteiger partial charge is 0.331 e. The first kappa shape index (κ1) is 18.2. The fraction of sp³-hybridized carbons (Fsp3) is 0.500. The van der Waals surface area contributed by atoms with Crippen LogP contribution in [0.5, 0.6) is 0 Å². The van der Waals surface area contributed by atoms with E-state index in [-0.39, 0.29) is 11.9 Å². The van der Waals surface area contributed by atoms with Crippen LogP contribution >= 0.6 is 0 Å². The van der Waals surface area contributed by atoms with Gasteiger partial charge in [-0.05, 0) is 36.8 Å². The van der Waals surface area contributed by atoms with Crippen molar-refractivity contribution < 1.29 is 14.3 Å². The standard InChI is InChI=1S/C20H27NO3/c1-14-8-7-11-18(15(14)2)21-20(23)16(3)24-19(22)13-12-17-9-5-4-6-10-17/h4-6,9-10,12-16,18H,7-8,11H2,1-3H3,(H,21,23)/b13-12+/t14-,15+,16+,18+/m0/s1. The molecule has 4 heteroatoms. The zero-order valence-electron chi connectivity index (χ0n) is 14.7. The van der Waals surface area contributed by atoms with Gasteiger partial charge in [0.05, 0.1) is 0 Å². The number of esters is 1. The summed E-state index contributed by atoms with van der Waals surface area (Å²) >= 11 is 0. The first-order chi connectivity index (χ1) is 11.5. The van der Waals surface area contributed by atoms with Gasteiger partial charge in [-0.2, -0.15) is 0 Å². The maximum Gasteiger partial charge on any atom is 0.331 e. The third-order valence-corrected chi connectivity index (χ3v) is 4.91. The quantitative estimate of drug-likeness (QED) is 0.664. The van der Waals surface area contributed by atoms with E-state index < -0.39 is 12.1 Å². The molecule has 0 unspecified atom stereocenters. The van der Waals surface area contributed by atoms with Gasteiger partial charge in [0.1, 0.15) is 0 Å². The molecular formula is C20H27NO3. The van der Waals surface area contributed by atoms with Crippen molar-refractivity contribution in [2.75, 3.05) is 0 Å². The normalized spacial score (nSPS) is 25.2. The number of hydrogen-bond acceptors (Lipinski definition) is 3. The molecule has 1 aromatic rings. The van der Waals surface area contributed by atoms with Crippen molar-refractivity contribution in [3.63, 3.8) is 0 Å². The predicted octanol–water partition coefficient (Wildman–Crippen LogP) is 3.57. The van der Waals surface area contributed by atoms with Crippen LogP contribution in [-0.2, 0) is 14.3 Å². The SMILES string of the molecule is C[C@@H]1[C@@H](C)CCC[C@H]1NC(=O)[C@@H](C)OC(=O)/C=C/c1ccccc1. The number of ether oxygens (including phenoxy) is 1. The van der Waals surface area contributed by atoms with Crippen molar-refractivity contribution in [3.8, 4) is 0 Å². The monoisotopic (exact) mass is 329 g/mol. The number of carbonyl (C=O) groups is 2. The van der Waals surface area contributed by atoms with Crippen LogP contribution < -0.4 is 5.32 Å². The van der Waals surface area contributed by atoms with Crippen molar-refractivity contribution in [3.05, 3.63) is 42.0 Å². The maximum absolute atomic E-state index is 12.3. The molecule has 4 nitrogen and oxygen atoms in total. The van der Waals surface area contributed by atoms with E-state index >= 15 is 0 Å². The molecule has 0 aliphatic heterocycles. The van der Waals surface area contributed by atoms with Crippen LogP contribution in [0, 0.1) is 11.8 Å². The number of rotatable bonds is 5. The van der Waals surface area contributed by atoms with Gasteiger partial charge in [0.25, 0.3) is 5.91 Å². The van der Waals surface area contributed by atoms with E-state index in [4.69, 9.17) is 4.74 Å². The molecule has 1 N–H and O–H groups in total. The summed E-state index contributed by atoms with van der Waals surface area (Å²) in [7, 11) is 0. The van der Waals surface area contributed by atoms with E-state index in [0.717, 1.165) is 18.4 Å². The van der Waals surface area contributed by atoms with Gasteiger partial charge in [-0.3, -0.25) is 4.79 Å². The van der Waals surface area contributed by atoms with Gasteiger partial charge >= 0.3 is 5.97 Å². The van der Waals surface area contributed by atoms with E-state index in [1.165, 1.54) is 12.5 Å². The molecule has 0 saturated heterocycles. The maximum atomic E-state index is 12.3. The summed E-state index contributed by atoms with van der Waals surface area (Å²) in [5.41, 5.74) is 0.913. The van der Waals surface area contributed by atoms with Gasteiger partial charge in [-0.25, -0.2) is 4.79 Å². The Kier molecular flexibility index (Phi) is 6.59. The van der Waals surface area contributed by atoms with Crippen molar-refractivity contribution in [1.82, 2.24) is 5.32 Å². The summed E-state index contributed by atoms with van der Waals surface area (Å²) in [4.78, 5) is 24.1. The van der Waals surface area contributed by atoms with Crippen molar-refractivity contribution in [2.24, 2.45) is 11.8 Å². The van der Waals surface area contributed by atoms with E-state index in [0.29, 0.717) is 11.8 Å². The molecule has 0 radical (unpaired) electrons. The minimum absolute atomic E-state index is 0.169. The summed E-state index contributed by atoms with van der Waals surface area (Å²) in [6.07, 6.45) is 5.57. The Morgan fingerprint density at radius 3 is 2.62 bits per heavy atom. The highest BCUT2D eigenvalue weighted by Gasteiger charge is 2.29. The van der Waals surface area contributed by atoms with Crippen LogP contribution in [0.1, 0.15) is 45.6 Å². The Bertz CT molecular complexity index is 582. The molecule has 0 heterocycles. The molecule has 130 valence electrons. The first-order valence-corrected chi connectivity index (χ1v) is 8.71. The number of benzene rings is 1. The molecule has 1 fully saturated rings. The average Bonchev–Trinajstić information content (AvgIpc) is 2.58. The van der Waals surface area contributed by atoms with Gasteiger partial charge in [0.15, 0.2) is 6.10 Å². The first-order valence-electron chi connectivity index (χ1n) is 8.71. The Morgan fingerprint density at radius 2 is 1.92 bits per heavy atom. The van der Waals surface area contributed by atoms with E-state index in [9.17, 15) is 9.59 Å². The minimum atomic E-state index is -0.789. The lowest BCUT2D eigenvalue weighted by atomic mass is 9.78. The molecule has 0 spiro atoms. The number of amides is 1. The number of nitrogens with one attached hydrogen (secondary N) is 1. The van der Waals surface area contributed by atoms with Gasteiger partial charge in [-0.15, -0.1) is 0 Å². The molecule has 0 aromatic heterocycles. The second kappa shape index (κ2) is 8.67. The predicted molar refractivity (Wildman–Crippen MR) is 95.1 cm³/mol. The van der Waals surface area contributed by atoms with E-state index in [2.05, 4.69) is 19.2 Å². The second-order valence-corrected chi connectivity index (χ2v) is 6.71. The summed E-state index contributed by atoms with van der Waals surface area (Å²) in [6, 6.07) is 9.66. The highest BCUT2D eigenvalue weighted by atomic mass is 16.5. The third-order valence-electron chi connectivity index (χ3n) is 4.91. The van der Waals surface area contributed by atoms with Crippen LogP contribution in [0.3, 0.4) is 0 Å². The lowest BCUT2D eigenvalue weighted by Crippen LogP contribution is -2.47. The van der Waals surface area contributed by atoms with Gasteiger partial charge in [0.2, 0.25) is 0 Å². The lowest BCUT2D eigenvalue weighted by molar-refractivity contribution is -0.150. The topological polar surface area (TPSA) is 55.4 Å². The molecule has 1 amide bonds. The molecule has 24 heavy (non-hydrogen) atoms. The molecule has 4 atom stereocenters. The fourth-order valence-corrected chi connectivity index (χ4v) is 3.08. The molecule has 1 aliphatic carbocycles. The lowest BCUT2D eigenvalue weighted by Gasteiger charge is -2.35. The largest absolute Gasteiger partial charge is 0.449 e. The Morgan fingerprint density at radius 1 is 1.21 bits per heavy atom. The third kappa shape index (κ3) is 5.22. The summed E-state index contributed by atoms with van der Waals surface area (Å²) in [5, 5.41) is 3.04. The zero-order valence-corrected chi connectivity index (χ0v) is 14.7. The van der Waals surface area contributed by atoms with Crippen molar-refractivity contribution in [1.29, 1.82) is 0 Å². The second-order valence-electron chi connectivity index (χ2n) is 6.71. The van der Waals surface area contributed by atoms with Crippen LogP contribution in [0.15, 0.2) is 36.4 Å². The van der Waals surface area contributed by atoms with E-state index in [1.54, 1.807) is 13.0 Å². The molecular weight excluding hydrogens is 302 g/mol. The molecule has 1 saturated carbocycles. The number of hydrogen-bond donors (Lipinski definition) is 1. The molecule has 1 aromatic carbocycles. The Balaban J connectivity index is 1.82. The van der Waals surface area contributed by atoms with Gasteiger partial charge < -0.3 is 10.1 Å². The van der Waals surface area contributed by atoms with Crippen LogP contribution in [0.4, 0.5) is 0 Å². The van der Waals surface area contributed by atoms with Gasteiger partial charge in [0, 0.05) is 12.1 Å². The molecule has 2 rings (SSSR count). The highest BCUT2D eigenvalue weighted by Crippen LogP contribution is 2.29. The fourth-order valence-electron chi connectivity index (χ4n) is 3.08. The Hall–Kier alpha value is -2.10. The van der Waals surface area contributed by atoms with E-state index in [1.807, 2.05) is 30.3 Å². The summed E-state index contributed by atoms with van der Waals surface area (Å²) in [6.45, 7) is 6.01. The summed E-state index contributed by atoms with van der Waals surface area (Å²) in [5.74, 6) is 0.327. The van der Waals surface area contributed by atoms with Gasteiger partial charge in [-0.1, -0.05) is 57.0 Å². The summed E-state index contributed by atoms with van der Waals surface area (Å²) < 4.78 is 5.20.